The molecule has 0 saturated carbocycles. The first-order valence-corrected chi connectivity index (χ1v) is 8.64. The lowest BCUT2D eigenvalue weighted by Crippen LogP contribution is -2.36. The highest BCUT2D eigenvalue weighted by molar-refractivity contribution is 7.11. The van der Waals surface area contributed by atoms with E-state index in [0.29, 0.717) is 19.7 Å². The SMILES string of the molecule is Cc1ccc(CN(CCO)C(=O)COCC2CCCCO2)s1. The van der Waals surface area contributed by atoms with Gasteiger partial charge in [0.05, 0.1) is 25.9 Å². The van der Waals surface area contributed by atoms with Crippen molar-refractivity contribution in [3.8, 4) is 0 Å². The molecule has 0 radical (unpaired) electrons. The van der Waals surface area contributed by atoms with Crippen LogP contribution in [0.3, 0.4) is 0 Å². The first-order chi connectivity index (χ1) is 10.7. The average molecular weight is 327 g/mol. The monoisotopic (exact) mass is 327 g/mol. The zero-order chi connectivity index (χ0) is 15.8. The molecular formula is C16H25NO4S. The number of amides is 1. The molecule has 6 heteroatoms. The second kappa shape index (κ2) is 9.25. The van der Waals surface area contributed by atoms with Gasteiger partial charge in [0.2, 0.25) is 5.91 Å². The minimum Gasteiger partial charge on any atom is -0.395 e. The molecule has 1 aromatic heterocycles. The Kier molecular flexibility index (Phi) is 7.32. The molecule has 22 heavy (non-hydrogen) atoms. The number of aliphatic hydroxyl groups excluding tert-OH is 1. The Hall–Kier alpha value is -0.950. The molecule has 1 aliphatic rings. The van der Waals surface area contributed by atoms with E-state index in [2.05, 4.69) is 0 Å². The van der Waals surface area contributed by atoms with E-state index in [4.69, 9.17) is 14.6 Å². The highest BCUT2D eigenvalue weighted by atomic mass is 32.1. The molecular weight excluding hydrogens is 302 g/mol. The van der Waals surface area contributed by atoms with E-state index >= 15 is 0 Å². The predicted molar refractivity (Wildman–Crippen MR) is 86.0 cm³/mol. The number of hydrogen-bond donors (Lipinski definition) is 1. The largest absolute Gasteiger partial charge is 0.395 e. The molecule has 0 aliphatic carbocycles. The summed E-state index contributed by atoms with van der Waals surface area (Å²) in [5, 5.41) is 9.15. The van der Waals surface area contributed by atoms with Crippen molar-refractivity contribution in [2.24, 2.45) is 0 Å². The normalized spacial score (nSPS) is 18.4. The lowest BCUT2D eigenvalue weighted by molar-refractivity contribution is -0.139. The molecule has 1 N–H and O–H groups in total. The molecule has 0 aromatic carbocycles. The summed E-state index contributed by atoms with van der Waals surface area (Å²) in [6, 6.07) is 4.06. The van der Waals surface area contributed by atoms with Crippen LogP contribution in [0.5, 0.6) is 0 Å². The molecule has 1 fully saturated rings. The zero-order valence-corrected chi connectivity index (χ0v) is 13.9. The van der Waals surface area contributed by atoms with E-state index in [1.807, 2.05) is 19.1 Å². The number of ether oxygens (including phenoxy) is 2. The molecule has 1 amide bonds. The molecule has 1 aromatic rings. The van der Waals surface area contributed by atoms with Crippen molar-refractivity contribution < 1.29 is 19.4 Å². The maximum Gasteiger partial charge on any atom is 0.248 e. The van der Waals surface area contributed by atoms with E-state index in [1.165, 1.54) is 4.88 Å². The van der Waals surface area contributed by atoms with E-state index in [9.17, 15) is 4.79 Å². The first kappa shape index (κ1) is 17.4. The molecule has 1 saturated heterocycles. The lowest BCUT2D eigenvalue weighted by Gasteiger charge is -2.24. The van der Waals surface area contributed by atoms with Gasteiger partial charge >= 0.3 is 0 Å². The van der Waals surface area contributed by atoms with Crippen molar-refractivity contribution in [3.63, 3.8) is 0 Å². The van der Waals surface area contributed by atoms with Gasteiger partial charge in [0.1, 0.15) is 6.61 Å². The number of carbonyl (C=O) groups is 1. The van der Waals surface area contributed by atoms with Crippen LogP contribution in [0.25, 0.3) is 0 Å². The van der Waals surface area contributed by atoms with Crippen LogP contribution in [0, 0.1) is 6.92 Å². The first-order valence-electron chi connectivity index (χ1n) is 7.82. The second-order valence-electron chi connectivity index (χ2n) is 5.55. The summed E-state index contributed by atoms with van der Waals surface area (Å²) in [6.07, 6.45) is 3.40. The van der Waals surface area contributed by atoms with Gasteiger partial charge in [0.25, 0.3) is 0 Å². The molecule has 0 spiro atoms. The lowest BCUT2D eigenvalue weighted by atomic mass is 10.1. The minimum absolute atomic E-state index is 0.0398. The number of aliphatic hydroxyl groups is 1. The number of carbonyl (C=O) groups excluding carboxylic acids is 1. The summed E-state index contributed by atoms with van der Waals surface area (Å²) in [6.45, 7) is 4.17. The maximum atomic E-state index is 12.2. The van der Waals surface area contributed by atoms with E-state index < -0.39 is 0 Å². The number of rotatable bonds is 8. The van der Waals surface area contributed by atoms with E-state index in [-0.39, 0.29) is 25.2 Å². The molecule has 2 rings (SSSR count). The van der Waals surface area contributed by atoms with Gasteiger partial charge in [-0.3, -0.25) is 4.79 Å². The second-order valence-corrected chi connectivity index (χ2v) is 6.93. The molecule has 1 aliphatic heterocycles. The summed E-state index contributed by atoms with van der Waals surface area (Å²) >= 11 is 1.67. The van der Waals surface area contributed by atoms with Crippen LogP contribution in [-0.4, -0.2) is 55.0 Å². The molecule has 1 unspecified atom stereocenters. The van der Waals surface area contributed by atoms with Crippen molar-refractivity contribution in [2.45, 2.75) is 38.8 Å². The summed E-state index contributed by atoms with van der Waals surface area (Å²) in [5.74, 6) is -0.0871. The van der Waals surface area contributed by atoms with Crippen molar-refractivity contribution in [1.82, 2.24) is 4.90 Å². The van der Waals surface area contributed by atoms with E-state index in [0.717, 1.165) is 30.7 Å². The van der Waals surface area contributed by atoms with Crippen LogP contribution in [0.2, 0.25) is 0 Å². The van der Waals surface area contributed by atoms with Gasteiger partial charge in [-0.05, 0) is 38.3 Å². The summed E-state index contributed by atoms with van der Waals surface area (Å²) in [7, 11) is 0. The van der Waals surface area contributed by atoms with E-state index in [1.54, 1.807) is 16.2 Å². The van der Waals surface area contributed by atoms with Gasteiger partial charge in [0, 0.05) is 22.9 Å². The number of aryl methyl sites for hydroxylation is 1. The maximum absolute atomic E-state index is 12.2. The predicted octanol–water partition coefficient (Wildman–Crippen LogP) is 1.96. The van der Waals surface area contributed by atoms with Crippen LogP contribution < -0.4 is 0 Å². The minimum atomic E-state index is -0.0871. The van der Waals surface area contributed by atoms with Gasteiger partial charge in [-0.15, -0.1) is 11.3 Å². The van der Waals surface area contributed by atoms with Crippen LogP contribution in [0.15, 0.2) is 12.1 Å². The van der Waals surface area contributed by atoms with Gasteiger partial charge < -0.3 is 19.5 Å². The highest BCUT2D eigenvalue weighted by Gasteiger charge is 2.17. The topological polar surface area (TPSA) is 59.0 Å². The third kappa shape index (κ3) is 5.68. The Labute approximate surface area is 135 Å². The Balaban J connectivity index is 1.75. The fraction of sp³-hybridized carbons (Fsp3) is 0.688. The van der Waals surface area contributed by atoms with Gasteiger partial charge in [-0.1, -0.05) is 0 Å². The third-order valence-electron chi connectivity index (χ3n) is 3.67. The fourth-order valence-electron chi connectivity index (χ4n) is 2.48. The van der Waals surface area contributed by atoms with Crippen molar-refractivity contribution in [1.29, 1.82) is 0 Å². The smallest absolute Gasteiger partial charge is 0.248 e. The van der Waals surface area contributed by atoms with Crippen LogP contribution in [0.1, 0.15) is 29.0 Å². The van der Waals surface area contributed by atoms with Crippen LogP contribution in [0.4, 0.5) is 0 Å². The van der Waals surface area contributed by atoms with Crippen molar-refractivity contribution in [2.75, 3.05) is 33.0 Å². The summed E-state index contributed by atoms with van der Waals surface area (Å²) in [4.78, 5) is 16.2. The molecule has 1 atom stereocenters. The van der Waals surface area contributed by atoms with Crippen molar-refractivity contribution >= 4 is 17.2 Å². The Morgan fingerprint density at radius 3 is 3.00 bits per heavy atom. The third-order valence-corrected chi connectivity index (χ3v) is 4.65. The van der Waals surface area contributed by atoms with Gasteiger partial charge in [0.15, 0.2) is 0 Å². The molecule has 2 heterocycles. The van der Waals surface area contributed by atoms with Crippen molar-refractivity contribution in [3.05, 3.63) is 21.9 Å². The molecule has 0 bridgehead atoms. The standard InChI is InChI=1S/C16H25NO4S/c1-13-5-6-15(22-13)10-17(7-8-18)16(19)12-20-11-14-4-2-3-9-21-14/h5-6,14,18H,2-4,7-12H2,1H3. The Bertz CT molecular complexity index is 457. The molecule has 5 nitrogen and oxygen atoms in total. The summed E-state index contributed by atoms with van der Waals surface area (Å²) < 4.78 is 11.1. The van der Waals surface area contributed by atoms with Gasteiger partial charge in [-0.2, -0.15) is 0 Å². The molecule has 124 valence electrons. The van der Waals surface area contributed by atoms with Gasteiger partial charge in [-0.25, -0.2) is 0 Å². The summed E-state index contributed by atoms with van der Waals surface area (Å²) in [5.41, 5.74) is 0. The average Bonchev–Trinajstić information content (AvgIpc) is 2.93. The number of hydrogen-bond acceptors (Lipinski definition) is 5. The fourth-order valence-corrected chi connectivity index (χ4v) is 3.38. The zero-order valence-electron chi connectivity index (χ0n) is 13.1. The van der Waals surface area contributed by atoms with Crippen LogP contribution in [-0.2, 0) is 20.8 Å². The number of thiophene rings is 1. The Morgan fingerprint density at radius 2 is 2.36 bits per heavy atom. The van der Waals surface area contributed by atoms with Crippen LogP contribution >= 0.6 is 11.3 Å². The number of nitrogens with zero attached hydrogens (tertiary/aromatic N) is 1. The highest BCUT2D eigenvalue weighted by Crippen LogP contribution is 2.17. The quantitative estimate of drug-likeness (QED) is 0.793. The Morgan fingerprint density at radius 1 is 1.50 bits per heavy atom.